The molecule has 3 aliphatic rings. The van der Waals surface area contributed by atoms with E-state index in [1.54, 1.807) is 18.2 Å². The zero-order valence-electron chi connectivity index (χ0n) is 35.1. The average molecular weight is 811 g/mol. The van der Waals surface area contributed by atoms with Crippen molar-refractivity contribution in [1.29, 1.82) is 0 Å². The van der Waals surface area contributed by atoms with Crippen LogP contribution in [0.1, 0.15) is 117 Å². The molecule has 10 nitrogen and oxygen atoms in total. The van der Waals surface area contributed by atoms with E-state index >= 15 is 4.79 Å². The number of aromatic hydroxyl groups is 5. The molecule has 0 fully saturated rings. The number of furan rings is 1. The summed E-state index contributed by atoms with van der Waals surface area (Å²) < 4.78 is 25.7. The lowest BCUT2D eigenvalue weighted by Gasteiger charge is -2.28. The van der Waals surface area contributed by atoms with Gasteiger partial charge in [-0.1, -0.05) is 41.0 Å². The Morgan fingerprint density at radius 1 is 0.750 bits per heavy atom. The van der Waals surface area contributed by atoms with Crippen molar-refractivity contribution in [2.75, 3.05) is 6.61 Å². The lowest BCUT2D eigenvalue weighted by Crippen LogP contribution is -2.27. The number of rotatable bonds is 9. The van der Waals surface area contributed by atoms with Gasteiger partial charge in [-0.3, -0.25) is 4.79 Å². The molecule has 0 saturated heterocycles. The summed E-state index contributed by atoms with van der Waals surface area (Å²) in [4.78, 5) is 15.4. The molecule has 5 aromatic rings. The van der Waals surface area contributed by atoms with Crippen LogP contribution in [0, 0.1) is 0 Å². The molecule has 310 valence electrons. The van der Waals surface area contributed by atoms with Crippen molar-refractivity contribution in [1.82, 2.24) is 0 Å². The first-order valence-corrected chi connectivity index (χ1v) is 20.2. The minimum atomic E-state index is -0.639. The topological polar surface area (TPSA) is 159 Å². The number of carbonyl (C=O) groups excluding carboxylic acids is 1. The summed E-state index contributed by atoms with van der Waals surface area (Å²) in [6.07, 6.45) is 10.0. The van der Waals surface area contributed by atoms with Gasteiger partial charge in [-0.2, -0.15) is 0 Å². The van der Waals surface area contributed by atoms with Crippen LogP contribution in [0.2, 0.25) is 0 Å². The second-order valence-electron chi connectivity index (χ2n) is 17.3. The normalized spacial score (nSPS) is 16.7. The summed E-state index contributed by atoms with van der Waals surface area (Å²) in [5.74, 6) is -0.861. The highest BCUT2D eigenvalue weighted by molar-refractivity contribution is 6.22. The quantitative estimate of drug-likeness (QED) is 0.0551. The monoisotopic (exact) mass is 810 g/mol. The Morgan fingerprint density at radius 2 is 1.42 bits per heavy atom. The van der Waals surface area contributed by atoms with Crippen molar-refractivity contribution in [3.05, 3.63) is 122 Å². The SMILES string of the molecule is CC(C)=CCc1cc2c(cc1O)OC[C@H]1c3cc(C(=O)c4c(-c5cc6c(cc5O)OC(C)(C)C=C6)oc5c(CC=C(C)C)c(O)c(O)cc45)c(O)c(CC=C(C)C)c3O[C@@H]21. The van der Waals surface area contributed by atoms with Gasteiger partial charge in [-0.05, 0) is 111 Å². The van der Waals surface area contributed by atoms with Gasteiger partial charge in [0.1, 0.15) is 57.5 Å². The van der Waals surface area contributed by atoms with Crippen molar-refractivity contribution in [2.45, 2.75) is 92.3 Å². The van der Waals surface area contributed by atoms with Gasteiger partial charge in [0.25, 0.3) is 0 Å². The van der Waals surface area contributed by atoms with Gasteiger partial charge in [-0.25, -0.2) is 0 Å². The van der Waals surface area contributed by atoms with Gasteiger partial charge < -0.3 is 44.2 Å². The van der Waals surface area contributed by atoms with E-state index in [0.717, 1.165) is 27.8 Å². The molecule has 5 N–H and O–H groups in total. The van der Waals surface area contributed by atoms with Crippen LogP contribution in [0.15, 0.2) is 81.8 Å². The summed E-state index contributed by atoms with van der Waals surface area (Å²) in [5.41, 5.74) is 6.14. The average Bonchev–Trinajstić information content (AvgIpc) is 3.74. The largest absolute Gasteiger partial charge is 0.508 e. The second-order valence-corrected chi connectivity index (χ2v) is 17.3. The zero-order chi connectivity index (χ0) is 42.9. The smallest absolute Gasteiger partial charge is 0.201 e. The molecule has 0 aliphatic carbocycles. The standard InChI is InChI=1S/C50H50O10/c1-24(2)9-12-27-17-33-41(21-37(27)51)57-23-36-31-19-35(43(54)29(13-10-25(3)4)46(31)58-48(33)36)45(56)42-34-20-39(53)44(55)30(14-11-26(5)6)47(34)59-49(42)32-18-28-15-16-50(7,8)60-40(28)22-38(32)52/h9-11,15-22,36,48,51-55H,12-14,23H2,1-8H3/t36-,48-/m0/s1. The third-order valence-electron chi connectivity index (χ3n) is 11.4. The number of hydrogen-bond acceptors (Lipinski definition) is 10. The summed E-state index contributed by atoms with van der Waals surface area (Å²) in [7, 11) is 0. The Bertz CT molecular complexity index is 2740. The first kappa shape index (κ1) is 40.2. The predicted molar refractivity (Wildman–Crippen MR) is 231 cm³/mol. The van der Waals surface area contributed by atoms with Gasteiger partial charge in [0.05, 0.1) is 29.2 Å². The molecule has 2 atom stereocenters. The van der Waals surface area contributed by atoms with Gasteiger partial charge in [0.15, 0.2) is 11.5 Å². The fraction of sp³-hybridized carbons (Fsp3) is 0.300. The number of allylic oxidation sites excluding steroid dienone is 6. The summed E-state index contributed by atoms with van der Waals surface area (Å²) >= 11 is 0. The van der Waals surface area contributed by atoms with Crippen molar-refractivity contribution >= 4 is 22.8 Å². The number of carbonyl (C=O) groups is 1. The Kier molecular flexibility index (Phi) is 10.0. The fourth-order valence-corrected chi connectivity index (χ4v) is 8.20. The molecule has 0 bridgehead atoms. The molecular weight excluding hydrogens is 761 g/mol. The fourth-order valence-electron chi connectivity index (χ4n) is 8.20. The number of benzene rings is 4. The van der Waals surface area contributed by atoms with Crippen LogP contribution in [0.25, 0.3) is 28.4 Å². The molecule has 60 heavy (non-hydrogen) atoms. The minimum absolute atomic E-state index is 0.0181. The van der Waals surface area contributed by atoms with Crippen LogP contribution < -0.4 is 14.2 Å². The predicted octanol–water partition coefficient (Wildman–Crippen LogP) is 11.2. The minimum Gasteiger partial charge on any atom is -0.508 e. The molecular formula is C50H50O10. The van der Waals surface area contributed by atoms with E-state index in [-0.39, 0.29) is 81.6 Å². The molecule has 8 rings (SSSR count). The molecule has 3 aliphatic heterocycles. The Morgan fingerprint density at radius 3 is 2.12 bits per heavy atom. The zero-order valence-corrected chi connectivity index (χ0v) is 35.1. The van der Waals surface area contributed by atoms with Crippen LogP contribution in [-0.2, 0) is 19.3 Å². The Hall–Kier alpha value is -6.55. The van der Waals surface area contributed by atoms with Crippen LogP contribution in [-0.4, -0.2) is 43.5 Å². The third-order valence-corrected chi connectivity index (χ3v) is 11.4. The van der Waals surface area contributed by atoms with Crippen LogP contribution in [0.4, 0.5) is 0 Å². The van der Waals surface area contributed by atoms with E-state index in [1.807, 2.05) is 91.8 Å². The third kappa shape index (κ3) is 7.03. The van der Waals surface area contributed by atoms with Crippen LogP contribution in [0.5, 0.6) is 46.0 Å². The molecule has 10 heteroatoms. The molecule has 4 heterocycles. The van der Waals surface area contributed by atoms with Gasteiger partial charge in [0, 0.05) is 45.3 Å². The van der Waals surface area contributed by atoms with Gasteiger partial charge >= 0.3 is 0 Å². The summed E-state index contributed by atoms with van der Waals surface area (Å²) in [5, 5.41) is 57.2. The molecule has 0 saturated carbocycles. The highest BCUT2D eigenvalue weighted by atomic mass is 16.5. The van der Waals surface area contributed by atoms with E-state index in [0.29, 0.717) is 40.4 Å². The number of hydrogen-bond donors (Lipinski definition) is 5. The summed E-state index contributed by atoms with van der Waals surface area (Å²) in [6.45, 7) is 15.7. The number of ketones is 1. The molecule has 1 aromatic heterocycles. The Balaban J connectivity index is 1.34. The maximum absolute atomic E-state index is 15.4. The van der Waals surface area contributed by atoms with Gasteiger partial charge in [0.2, 0.25) is 5.78 Å². The molecule has 0 unspecified atom stereocenters. The highest BCUT2D eigenvalue weighted by Gasteiger charge is 2.44. The molecule has 0 spiro atoms. The van der Waals surface area contributed by atoms with Gasteiger partial charge in [-0.15, -0.1) is 0 Å². The summed E-state index contributed by atoms with van der Waals surface area (Å²) in [6, 6.07) is 9.58. The molecule has 0 amide bonds. The van der Waals surface area contributed by atoms with Crippen molar-refractivity contribution in [3.63, 3.8) is 0 Å². The highest BCUT2D eigenvalue weighted by Crippen LogP contribution is 2.56. The second kappa shape index (κ2) is 14.9. The van der Waals surface area contributed by atoms with E-state index in [4.69, 9.17) is 18.6 Å². The molecule has 0 radical (unpaired) electrons. The van der Waals surface area contributed by atoms with E-state index in [9.17, 15) is 25.5 Å². The first-order chi connectivity index (χ1) is 28.4. The van der Waals surface area contributed by atoms with Crippen LogP contribution >= 0.6 is 0 Å². The molecule has 4 aromatic carbocycles. The van der Waals surface area contributed by atoms with E-state index in [2.05, 4.69) is 0 Å². The van der Waals surface area contributed by atoms with E-state index < -0.39 is 29.0 Å². The number of phenolic OH excluding ortho intramolecular Hbond substituents is 5. The first-order valence-electron chi connectivity index (χ1n) is 20.2. The van der Waals surface area contributed by atoms with Crippen LogP contribution in [0.3, 0.4) is 0 Å². The number of phenols is 5. The lowest BCUT2D eigenvalue weighted by molar-refractivity contribution is 0.103. The van der Waals surface area contributed by atoms with Crippen molar-refractivity contribution in [3.8, 4) is 57.3 Å². The Labute approximate surface area is 349 Å². The van der Waals surface area contributed by atoms with Crippen molar-refractivity contribution < 1.29 is 49.0 Å². The van der Waals surface area contributed by atoms with Crippen molar-refractivity contribution in [2.24, 2.45) is 0 Å². The maximum Gasteiger partial charge on any atom is 0.201 e. The lowest BCUT2D eigenvalue weighted by atomic mass is 9.85. The maximum atomic E-state index is 15.4. The van der Waals surface area contributed by atoms with E-state index in [1.165, 1.54) is 12.1 Å². The number of ether oxygens (including phenoxy) is 3. The number of fused-ring (bicyclic) bond motifs is 7.